The highest BCUT2D eigenvalue weighted by Crippen LogP contribution is 2.24. The van der Waals surface area contributed by atoms with Crippen LogP contribution in [0.2, 0.25) is 10.0 Å². The molecule has 2 aromatic carbocycles. The van der Waals surface area contributed by atoms with Gasteiger partial charge in [0, 0.05) is 35.7 Å². The van der Waals surface area contributed by atoms with Crippen LogP contribution in [0.4, 0.5) is 9.59 Å². The van der Waals surface area contributed by atoms with Crippen molar-refractivity contribution in [2.24, 2.45) is 0 Å². The lowest BCUT2D eigenvalue weighted by Gasteiger charge is -2.35. The third kappa shape index (κ3) is 5.58. The maximum absolute atomic E-state index is 12.5. The predicted molar refractivity (Wildman–Crippen MR) is 122 cm³/mol. The van der Waals surface area contributed by atoms with E-state index in [0.29, 0.717) is 55.7 Å². The van der Waals surface area contributed by atoms with E-state index in [1.54, 1.807) is 28.0 Å². The first-order chi connectivity index (χ1) is 15.5. The summed E-state index contributed by atoms with van der Waals surface area (Å²) in [4.78, 5) is 28.4. The van der Waals surface area contributed by atoms with Gasteiger partial charge >= 0.3 is 12.1 Å². The molecule has 2 heterocycles. The number of cyclic esters (lactones) is 1. The van der Waals surface area contributed by atoms with Gasteiger partial charge in [0.05, 0.1) is 6.54 Å². The fourth-order valence-electron chi connectivity index (χ4n) is 3.96. The smallest absolute Gasteiger partial charge is 0.410 e. The van der Waals surface area contributed by atoms with Crippen molar-refractivity contribution >= 4 is 35.3 Å². The lowest BCUT2D eigenvalue weighted by molar-refractivity contribution is 0.0988. The lowest BCUT2D eigenvalue weighted by Crippen LogP contribution is -2.49. The van der Waals surface area contributed by atoms with Crippen molar-refractivity contribution in [3.8, 4) is 5.75 Å². The van der Waals surface area contributed by atoms with Crippen LogP contribution in [0.25, 0.3) is 0 Å². The number of carbonyl (C=O) groups excluding carboxylic acids is 2. The molecule has 32 heavy (non-hydrogen) atoms. The zero-order chi connectivity index (χ0) is 22.5. The van der Waals surface area contributed by atoms with E-state index in [1.165, 1.54) is 0 Å². The molecule has 0 aliphatic carbocycles. The molecular formula is C23H25Cl2N3O4. The highest BCUT2D eigenvalue weighted by Gasteiger charge is 2.38. The molecule has 4 rings (SSSR count). The van der Waals surface area contributed by atoms with Crippen LogP contribution >= 0.6 is 23.2 Å². The Balaban J connectivity index is 1.21. The van der Waals surface area contributed by atoms with Crippen LogP contribution in [-0.4, -0.2) is 60.3 Å². The normalized spacial score (nSPS) is 19.1. The van der Waals surface area contributed by atoms with E-state index < -0.39 is 0 Å². The molecule has 0 saturated carbocycles. The van der Waals surface area contributed by atoms with Gasteiger partial charge in [-0.1, -0.05) is 47.5 Å². The van der Waals surface area contributed by atoms with E-state index in [4.69, 9.17) is 32.7 Å². The number of likely N-dealkylation sites (tertiary alicyclic amines) is 1. The van der Waals surface area contributed by atoms with Crippen molar-refractivity contribution in [3.63, 3.8) is 0 Å². The third-order valence-electron chi connectivity index (χ3n) is 5.72. The Hall–Kier alpha value is -2.64. The van der Waals surface area contributed by atoms with Gasteiger partial charge in [0.25, 0.3) is 0 Å². The first kappa shape index (κ1) is 22.6. The first-order valence-corrected chi connectivity index (χ1v) is 11.4. The number of amides is 3. The topological polar surface area (TPSA) is 71.1 Å². The number of carbonyl (C=O) groups is 2. The van der Waals surface area contributed by atoms with E-state index in [9.17, 15) is 9.59 Å². The van der Waals surface area contributed by atoms with Crippen molar-refractivity contribution in [2.75, 3.05) is 26.2 Å². The Morgan fingerprint density at radius 3 is 2.59 bits per heavy atom. The minimum atomic E-state index is -0.313. The van der Waals surface area contributed by atoms with Crippen LogP contribution in [-0.2, 0) is 11.3 Å². The molecule has 1 unspecified atom stereocenters. The van der Waals surface area contributed by atoms with Gasteiger partial charge in [0.2, 0.25) is 0 Å². The Bertz CT molecular complexity index is 952. The van der Waals surface area contributed by atoms with Gasteiger partial charge in [-0.15, -0.1) is 0 Å². The van der Waals surface area contributed by atoms with E-state index in [2.05, 4.69) is 5.32 Å². The quantitative estimate of drug-likeness (QED) is 0.661. The largest absolute Gasteiger partial charge is 0.490 e. The summed E-state index contributed by atoms with van der Waals surface area (Å²) >= 11 is 12.1. The van der Waals surface area contributed by atoms with Gasteiger partial charge in [-0.25, -0.2) is 9.59 Å². The van der Waals surface area contributed by atoms with E-state index in [-0.39, 0.29) is 24.3 Å². The molecule has 0 spiro atoms. The predicted octanol–water partition coefficient (Wildman–Crippen LogP) is 4.57. The van der Waals surface area contributed by atoms with Crippen molar-refractivity contribution in [2.45, 2.75) is 31.5 Å². The summed E-state index contributed by atoms with van der Waals surface area (Å²) in [6.45, 7) is 2.29. The number of nitrogens with one attached hydrogen (secondary N) is 1. The summed E-state index contributed by atoms with van der Waals surface area (Å²) < 4.78 is 11.2. The maximum Gasteiger partial charge on any atom is 0.410 e. The summed E-state index contributed by atoms with van der Waals surface area (Å²) in [5.74, 6) is 0.751. The number of benzene rings is 2. The second-order valence-corrected chi connectivity index (χ2v) is 8.74. The number of hydrogen-bond acceptors (Lipinski definition) is 4. The number of rotatable bonds is 6. The van der Waals surface area contributed by atoms with Crippen LogP contribution in [0, 0.1) is 0 Å². The monoisotopic (exact) mass is 477 g/mol. The SMILES string of the molecule is O=C(NCc1ccc(Cl)cc1Cl)N1CCC(N2CC(COc3ccccc3)OC2=O)CC1. The lowest BCUT2D eigenvalue weighted by atomic mass is 10.0. The standard InChI is InChI=1S/C23H25Cl2N3O4/c24-17-7-6-16(21(25)12-17)13-26-22(29)27-10-8-18(9-11-27)28-14-20(32-23(28)30)15-31-19-4-2-1-3-5-19/h1-7,12,18,20H,8-11,13-15H2,(H,26,29). The molecule has 0 aromatic heterocycles. The Morgan fingerprint density at radius 1 is 1.12 bits per heavy atom. The summed E-state index contributed by atoms with van der Waals surface area (Å²) in [6.07, 6.45) is 0.799. The Kier molecular flexibility index (Phi) is 7.27. The maximum atomic E-state index is 12.5. The third-order valence-corrected chi connectivity index (χ3v) is 6.31. The van der Waals surface area contributed by atoms with Gasteiger partial charge in [0.15, 0.2) is 6.10 Å². The minimum Gasteiger partial charge on any atom is -0.490 e. The molecule has 2 saturated heterocycles. The number of hydrogen-bond donors (Lipinski definition) is 1. The summed E-state index contributed by atoms with van der Waals surface area (Å²) in [6, 6.07) is 14.6. The molecule has 0 bridgehead atoms. The van der Waals surface area contributed by atoms with Crippen LogP contribution in [0.3, 0.4) is 0 Å². The van der Waals surface area contributed by atoms with Gasteiger partial charge in [-0.2, -0.15) is 0 Å². The number of urea groups is 1. The van der Waals surface area contributed by atoms with Crippen molar-refractivity contribution < 1.29 is 19.1 Å². The van der Waals surface area contributed by atoms with Crippen LogP contribution in [0.15, 0.2) is 48.5 Å². The van der Waals surface area contributed by atoms with Crippen molar-refractivity contribution in [1.82, 2.24) is 15.1 Å². The molecular weight excluding hydrogens is 453 g/mol. The molecule has 2 aliphatic heterocycles. The molecule has 2 aliphatic rings. The fraction of sp³-hybridized carbons (Fsp3) is 0.391. The van der Waals surface area contributed by atoms with Gasteiger partial charge in [0.1, 0.15) is 12.4 Å². The van der Waals surface area contributed by atoms with Crippen LogP contribution in [0.5, 0.6) is 5.75 Å². The number of nitrogens with zero attached hydrogens (tertiary/aromatic N) is 2. The zero-order valence-electron chi connectivity index (χ0n) is 17.5. The number of halogens is 2. The summed E-state index contributed by atoms with van der Waals surface area (Å²) in [5, 5.41) is 3.98. The van der Waals surface area contributed by atoms with Crippen molar-refractivity contribution in [1.29, 1.82) is 0 Å². The summed E-state index contributed by atoms with van der Waals surface area (Å²) in [5.41, 5.74) is 0.808. The summed E-state index contributed by atoms with van der Waals surface area (Å²) in [7, 11) is 0. The van der Waals surface area contributed by atoms with E-state index in [1.807, 2.05) is 30.3 Å². The van der Waals surface area contributed by atoms with Crippen LogP contribution in [0.1, 0.15) is 18.4 Å². The Morgan fingerprint density at radius 2 is 1.88 bits per heavy atom. The average molecular weight is 478 g/mol. The number of piperidine rings is 1. The minimum absolute atomic E-state index is 0.0546. The van der Waals surface area contributed by atoms with Gasteiger partial charge in [-0.3, -0.25) is 0 Å². The highest BCUT2D eigenvalue weighted by molar-refractivity contribution is 6.35. The molecule has 3 amide bonds. The number of para-hydroxylation sites is 1. The zero-order valence-corrected chi connectivity index (χ0v) is 19.0. The van der Waals surface area contributed by atoms with E-state index >= 15 is 0 Å². The molecule has 2 fully saturated rings. The molecule has 170 valence electrons. The van der Waals surface area contributed by atoms with Gasteiger partial charge < -0.3 is 24.6 Å². The fourth-order valence-corrected chi connectivity index (χ4v) is 4.44. The van der Waals surface area contributed by atoms with E-state index in [0.717, 1.165) is 11.3 Å². The molecule has 1 atom stereocenters. The van der Waals surface area contributed by atoms with Crippen LogP contribution < -0.4 is 10.1 Å². The molecule has 1 N–H and O–H groups in total. The molecule has 2 aromatic rings. The average Bonchev–Trinajstić information content (AvgIpc) is 3.18. The van der Waals surface area contributed by atoms with Gasteiger partial charge in [-0.05, 0) is 42.7 Å². The highest BCUT2D eigenvalue weighted by atomic mass is 35.5. The Labute approximate surface area is 197 Å². The molecule has 0 radical (unpaired) electrons. The van der Waals surface area contributed by atoms with Crippen molar-refractivity contribution in [3.05, 3.63) is 64.1 Å². The first-order valence-electron chi connectivity index (χ1n) is 10.6. The second kappa shape index (κ2) is 10.3. The number of ether oxygens (including phenoxy) is 2. The second-order valence-electron chi connectivity index (χ2n) is 7.89. The molecule has 7 nitrogen and oxygen atoms in total. The molecule has 9 heteroatoms.